The fraction of sp³-hybridized carbons (Fsp3) is 0.722. The van der Waals surface area contributed by atoms with Crippen LogP contribution in [0.25, 0.3) is 0 Å². The van der Waals surface area contributed by atoms with Crippen molar-refractivity contribution in [2.75, 3.05) is 39.3 Å². The standard InChI is InChI=1S/C18H28BrN3O3S2/c1-13-10-14(2)12-21(11-13)18(23)15(3)20-6-8-22(9-7-20)27(24,25)17-5-4-16(19)26-17/h4-5,13-15H,6-12H2,1-3H3/t13-,14+,15-/m0/s1. The van der Waals surface area contributed by atoms with E-state index in [1.54, 1.807) is 12.1 Å². The first-order valence-corrected chi connectivity index (χ1v) is 12.5. The van der Waals surface area contributed by atoms with Gasteiger partial charge in [-0.2, -0.15) is 4.31 Å². The molecule has 2 saturated heterocycles. The fourth-order valence-electron chi connectivity index (χ4n) is 4.16. The number of carbonyl (C=O) groups excluding carboxylic acids is 1. The van der Waals surface area contributed by atoms with E-state index in [4.69, 9.17) is 0 Å². The Kier molecular flexibility index (Phi) is 6.67. The van der Waals surface area contributed by atoms with Gasteiger partial charge in [0.25, 0.3) is 10.0 Å². The van der Waals surface area contributed by atoms with Crippen molar-refractivity contribution in [1.29, 1.82) is 0 Å². The normalized spacial score (nSPS) is 26.9. The zero-order chi connectivity index (χ0) is 19.8. The number of hydrogen-bond donors (Lipinski definition) is 0. The monoisotopic (exact) mass is 477 g/mol. The number of nitrogens with zero attached hydrogens (tertiary/aromatic N) is 3. The number of amides is 1. The molecule has 0 spiro atoms. The molecule has 3 atom stereocenters. The lowest BCUT2D eigenvalue weighted by molar-refractivity contribution is -0.139. The van der Waals surface area contributed by atoms with Gasteiger partial charge in [0, 0.05) is 39.3 Å². The second-order valence-corrected chi connectivity index (χ2v) is 12.5. The van der Waals surface area contributed by atoms with Gasteiger partial charge >= 0.3 is 0 Å². The summed E-state index contributed by atoms with van der Waals surface area (Å²) < 4.78 is 28.2. The third kappa shape index (κ3) is 4.75. The molecule has 1 aromatic rings. The van der Waals surface area contributed by atoms with Gasteiger partial charge in [-0.1, -0.05) is 13.8 Å². The number of piperidine rings is 1. The van der Waals surface area contributed by atoms with Crippen molar-refractivity contribution >= 4 is 43.2 Å². The molecule has 0 unspecified atom stereocenters. The lowest BCUT2D eigenvalue weighted by Gasteiger charge is -2.41. The van der Waals surface area contributed by atoms with E-state index in [2.05, 4.69) is 34.7 Å². The fourth-order valence-corrected chi connectivity index (χ4v) is 7.74. The minimum absolute atomic E-state index is 0.173. The predicted octanol–water partition coefficient (Wildman–Crippen LogP) is 2.71. The maximum atomic E-state index is 12.9. The molecule has 2 aliphatic rings. The van der Waals surface area contributed by atoms with Gasteiger partial charge in [-0.25, -0.2) is 8.42 Å². The predicted molar refractivity (Wildman–Crippen MR) is 111 cm³/mol. The van der Waals surface area contributed by atoms with Gasteiger partial charge in [-0.05, 0) is 53.2 Å². The van der Waals surface area contributed by atoms with Crippen LogP contribution in [0.4, 0.5) is 0 Å². The highest BCUT2D eigenvalue weighted by molar-refractivity contribution is 9.11. The van der Waals surface area contributed by atoms with Crippen LogP contribution in [0.1, 0.15) is 27.2 Å². The molecular weight excluding hydrogens is 450 g/mol. The quantitative estimate of drug-likeness (QED) is 0.668. The Labute approximate surface area is 174 Å². The van der Waals surface area contributed by atoms with E-state index in [9.17, 15) is 13.2 Å². The van der Waals surface area contributed by atoms with Crippen molar-refractivity contribution in [2.45, 2.75) is 37.4 Å². The number of carbonyl (C=O) groups is 1. The molecule has 1 aromatic heterocycles. The summed E-state index contributed by atoms with van der Waals surface area (Å²) in [4.78, 5) is 17.0. The lowest BCUT2D eigenvalue weighted by Crippen LogP contribution is -2.56. The van der Waals surface area contributed by atoms with Crippen LogP contribution >= 0.6 is 27.3 Å². The van der Waals surface area contributed by atoms with Crippen LogP contribution in [0.15, 0.2) is 20.1 Å². The summed E-state index contributed by atoms with van der Waals surface area (Å²) in [6.45, 7) is 10.0. The first-order valence-electron chi connectivity index (χ1n) is 9.46. The minimum atomic E-state index is -3.45. The molecule has 3 heterocycles. The molecular formula is C18H28BrN3O3S2. The van der Waals surface area contributed by atoms with Gasteiger partial charge < -0.3 is 4.90 Å². The molecule has 0 aliphatic carbocycles. The summed E-state index contributed by atoms with van der Waals surface area (Å²) in [5.74, 6) is 1.25. The number of thiophene rings is 1. The zero-order valence-electron chi connectivity index (χ0n) is 16.1. The molecule has 6 nitrogen and oxygen atoms in total. The van der Waals surface area contributed by atoms with Crippen LogP contribution in [0.2, 0.25) is 0 Å². The number of likely N-dealkylation sites (tertiary alicyclic amines) is 1. The second kappa shape index (κ2) is 8.49. The molecule has 152 valence electrons. The molecule has 1 amide bonds. The summed E-state index contributed by atoms with van der Waals surface area (Å²) in [6.07, 6.45) is 1.17. The lowest BCUT2D eigenvalue weighted by atomic mass is 9.91. The van der Waals surface area contributed by atoms with Crippen LogP contribution in [0.5, 0.6) is 0 Å². The molecule has 0 bridgehead atoms. The Morgan fingerprint density at radius 3 is 2.26 bits per heavy atom. The summed E-state index contributed by atoms with van der Waals surface area (Å²) in [7, 11) is -3.45. The van der Waals surface area contributed by atoms with E-state index in [1.165, 1.54) is 22.1 Å². The van der Waals surface area contributed by atoms with Crippen molar-refractivity contribution in [3.63, 3.8) is 0 Å². The van der Waals surface area contributed by atoms with E-state index in [0.29, 0.717) is 42.2 Å². The van der Waals surface area contributed by atoms with Crippen molar-refractivity contribution in [1.82, 2.24) is 14.1 Å². The van der Waals surface area contributed by atoms with Gasteiger partial charge in [-0.3, -0.25) is 9.69 Å². The summed E-state index contributed by atoms with van der Waals surface area (Å²) in [5.41, 5.74) is 0. The van der Waals surface area contributed by atoms with Gasteiger partial charge in [-0.15, -0.1) is 11.3 Å². The van der Waals surface area contributed by atoms with E-state index < -0.39 is 10.0 Å². The Bertz CT molecular complexity index is 765. The summed E-state index contributed by atoms with van der Waals surface area (Å²) in [5, 5.41) is 0. The van der Waals surface area contributed by atoms with Crippen LogP contribution in [-0.2, 0) is 14.8 Å². The smallest absolute Gasteiger partial charge is 0.252 e. The third-order valence-electron chi connectivity index (χ3n) is 5.50. The highest BCUT2D eigenvalue weighted by Crippen LogP contribution is 2.29. The van der Waals surface area contributed by atoms with Crippen LogP contribution in [0.3, 0.4) is 0 Å². The topological polar surface area (TPSA) is 60.9 Å². The summed E-state index contributed by atoms with van der Waals surface area (Å²) >= 11 is 4.56. The third-order valence-corrected chi connectivity index (χ3v) is 9.49. The van der Waals surface area contributed by atoms with Gasteiger partial charge in [0.05, 0.1) is 9.83 Å². The van der Waals surface area contributed by atoms with Crippen molar-refractivity contribution in [2.24, 2.45) is 11.8 Å². The highest BCUT2D eigenvalue weighted by Gasteiger charge is 2.35. The van der Waals surface area contributed by atoms with Gasteiger partial charge in [0.1, 0.15) is 4.21 Å². The zero-order valence-corrected chi connectivity index (χ0v) is 19.3. The van der Waals surface area contributed by atoms with Crippen LogP contribution in [0, 0.1) is 11.8 Å². The Hall–Kier alpha value is -0.480. The average molecular weight is 478 g/mol. The first kappa shape index (κ1) is 21.2. The first-order chi connectivity index (χ1) is 12.7. The Morgan fingerprint density at radius 2 is 1.74 bits per heavy atom. The molecule has 27 heavy (non-hydrogen) atoms. The van der Waals surface area contributed by atoms with E-state index in [0.717, 1.165) is 16.9 Å². The van der Waals surface area contributed by atoms with Gasteiger partial charge in [0.15, 0.2) is 0 Å². The van der Waals surface area contributed by atoms with Crippen LogP contribution < -0.4 is 0 Å². The maximum absolute atomic E-state index is 12.9. The maximum Gasteiger partial charge on any atom is 0.252 e. The molecule has 0 radical (unpaired) electrons. The molecule has 2 aliphatic heterocycles. The molecule has 0 aromatic carbocycles. The Balaban J connectivity index is 1.59. The highest BCUT2D eigenvalue weighted by atomic mass is 79.9. The number of piperazine rings is 1. The molecule has 0 saturated carbocycles. The van der Waals surface area contributed by atoms with E-state index in [1.807, 2.05) is 11.8 Å². The molecule has 3 rings (SSSR count). The molecule has 2 fully saturated rings. The molecule has 9 heteroatoms. The van der Waals surface area contributed by atoms with Crippen molar-refractivity contribution in [3.05, 3.63) is 15.9 Å². The number of halogens is 1. The number of sulfonamides is 1. The van der Waals surface area contributed by atoms with Crippen molar-refractivity contribution < 1.29 is 13.2 Å². The van der Waals surface area contributed by atoms with Gasteiger partial charge in [0.2, 0.25) is 5.91 Å². The van der Waals surface area contributed by atoms with Crippen molar-refractivity contribution in [3.8, 4) is 0 Å². The summed E-state index contributed by atoms with van der Waals surface area (Å²) in [6, 6.07) is 3.19. The van der Waals surface area contributed by atoms with E-state index >= 15 is 0 Å². The van der Waals surface area contributed by atoms with Crippen LogP contribution in [-0.4, -0.2) is 73.7 Å². The average Bonchev–Trinajstić information content (AvgIpc) is 3.07. The largest absolute Gasteiger partial charge is 0.341 e. The van der Waals surface area contributed by atoms with E-state index in [-0.39, 0.29) is 11.9 Å². The number of hydrogen-bond acceptors (Lipinski definition) is 5. The Morgan fingerprint density at radius 1 is 1.15 bits per heavy atom. The molecule has 0 N–H and O–H groups in total. The SMILES string of the molecule is C[C@@H]1C[C@H](C)CN(C(=O)[C@H](C)N2CCN(S(=O)(=O)c3ccc(Br)s3)CC2)C1. The second-order valence-electron chi connectivity index (χ2n) is 7.86. The minimum Gasteiger partial charge on any atom is -0.341 e. The number of rotatable bonds is 4.